The van der Waals surface area contributed by atoms with Crippen molar-refractivity contribution in [1.29, 1.82) is 0 Å². The Morgan fingerprint density at radius 2 is 1.58 bits per heavy atom. The molecule has 0 radical (unpaired) electrons. The predicted molar refractivity (Wildman–Crippen MR) is 120 cm³/mol. The molecule has 0 spiro atoms. The third kappa shape index (κ3) is 7.20. The summed E-state index contributed by atoms with van der Waals surface area (Å²) < 4.78 is 11.0. The van der Waals surface area contributed by atoms with Crippen LogP contribution in [0.5, 0.6) is 5.75 Å². The molecule has 0 aliphatic carbocycles. The third-order valence-electron chi connectivity index (χ3n) is 4.87. The van der Waals surface area contributed by atoms with E-state index < -0.39 is 11.7 Å². The zero-order valence-electron chi connectivity index (χ0n) is 18.5. The lowest BCUT2D eigenvalue weighted by Gasteiger charge is -2.36. The van der Waals surface area contributed by atoms with Gasteiger partial charge in [-0.25, -0.2) is 4.79 Å². The summed E-state index contributed by atoms with van der Waals surface area (Å²) in [6.07, 6.45) is -0.575. The molecule has 1 aliphatic heterocycles. The molecule has 1 saturated heterocycles. The van der Waals surface area contributed by atoms with Gasteiger partial charge in [-0.05, 0) is 50.6 Å². The van der Waals surface area contributed by atoms with E-state index in [1.807, 2.05) is 54.6 Å². The lowest BCUT2D eigenvalue weighted by Crippen LogP contribution is -2.51. The maximum absolute atomic E-state index is 12.4. The minimum absolute atomic E-state index is 0.0532. The van der Waals surface area contributed by atoms with Crippen molar-refractivity contribution >= 4 is 17.7 Å². The number of rotatable bonds is 6. The van der Waals surface area contributed by atoms with Crippen molar-refractivity contribution in [2.24, 2.45) is 0 Å². The highest BCUT2D eigenvalue weighted by Crippen LogP contribution is 2.21. The summed E-state index contributed by atoms with van der Waals surface area (Å²) in [7, 11) is 0. The molecule has 1 heterocycles. The maximum Gasteiger partial charge on any atom is 0.408 e. The smallest absolute Gasteiger partial charge is 0.408 e. The van der Waals surface area contributed by atoms with Crippen molar-refractivity contribution in [2.75, 3.05) is 37.6 Å². The average molecular weight is 426 g/mol. The lowest BCUT2D eigenvalue weighted by molar-refractivity contribution is -0.130. The van der Waals surface area contributed by atoms with Gasteiger partial charge in [-0.15, -0.1) is 0 Å². The summed E-state index contributed by atoms with van der Waals surface area (Å²) in [5.74, 6) is 0.727. The second-order valence-electron chi connectivity index (χ2n) is 8.49. The number of ether oxygens (including phenoxy) is 2. The molecule has 0 aromatic heterocycles. The van der Waals surface area contributed by atoms with Crippen molar-refractivity contribution in [3.8, 4) is 5.75 Å². The largest absolute Gasteiger partial charge is 0.489 e. The van der Waals surface area contributed by atoms with Gasteiger partial charge < -0.3 is 24.6 Å². The van der Waals surface area contributed by atoms with Crippen molar-refractivity contribution < 1.29 is 19.1 Å². The van der Waals surface area contributed by atoms with E-state index in [1.165, 1.54) is 0 Å². The Balaban J connectivity index is 1.41. The summed E-state index contributed by atoms with van der Waals surface area (Å²) >= 11 is 0. The number of benzene rings is 2. The first-order chi connectivity index (χ1) is 14.8. The average Bonchev–Trinajstić information content (AvgIpc) is 2.76. The Kier molecular flexibility index (Phi) is 7.39. The molecule has 0 bridgehead atoms. The van der Waals surface area contributed by atoms with E-state index in [2.05, 4.69) is 10.2 Å². The molecule has 31 heavy (non-hydrogen) atoms. The highest BCUT2D eigenvalue weighted by molar-refractivity contribution is 5.82. The standard InChI is InChI=1S/C24H31N3O4/c1-24(2,3)31-23(29)25-17-22(28)27-15-13-26(14-16-27)20-9-11-21(12-10-20)30-18-19-7-5-4-6-8-19/h4-12H,13-18H2,1-3H3,(H,25,29). The highest BCUT2D eigenvalue weighted by Gasteiger charge is 2.23. The fourth-order valence-electron chi connectivity index (χ4n) is 3.28. The number of carbonyl (C=O) groups is 2. The Morgan fingerprint density at radius 1 is 0.935 bits per heavy atom. The fraction of sp³-hybridized carbons (Fsp3) is 0.417. The van der Waals surface area contributed by atoms with Crippen LogP contribution in [0.25, 0.3) is 0 Å². The van der Waals surface area contributed by atoms with Crippen molar-refractivity contribution in [3.63, 3.8) is 0 Å². The monoisotopic (exact) mass is 425 g/mol. The number of nitrogens with zero attached hydrogens (tertiary/aromatic N) is 2. The first kappa shape index (κ1) is 22.5. The van der Waals surface area contributed by atoms with Crippen LogP contribution in [0.2, 0.25) is 0 Å². The number of amides is 2. The van der Waals surface area contributed by atoms with E-state index in [4.69, 9.17) is 9.47 Å². The molecule has 166 valence electrons. The predicted octanol–water partition coefficient (Wildman–Crippen LogP) is 3.44. The van der Waals surface area contributed by atoms with E-state index in [9.17, 15) is 9.59 Å². The van der Waals surface area contributed by atoms with E-state index in [1.54, 1.807) is 25.7 Å². The van der Waals surface area contributed by atoms with Gasteiger partial charge in [0.05, 0.1) is 0 Å². The highest BCUT2D eigenvalue weighted by atomic mass is 16.6. The topological polar surface area (TPSA) is 71.1 Å². The van der Waals surface area contributed by atoms with Gasteiger partial charge in [0.25, 0.3) is 0 Å². The molecular formula is C24H31N3O4. The number of carbonyl (C=O) groups excluding carboxylic acids is 2. The van der Waals surface area contributed by atoms with Gasteiger partial charge in [0, 0.05) is 31.9 Å². The number of anilines is 1. The first-order valence-corrected chi connectivity index (χ1v) is 10.6. The molecule has 7 nitrogen and oxygen atoms in total. The Morgan fingerprint density at radius 3 is 2.19 bits per heavy atom. The van der Waals surface area contributed by atoms with Gasteiger partial charge in [-0.1, -0.05) is 30.3 Å². The summed E-state index contributed by atoms with van der Waals surface area (Å²) in [5.41, 5.74) is 1.65. The van der Waals surface area contributed by atoms with E-state index >= 15 is 0 Å². The molecule has 7 heteroatoms. The second kappa shape index (κ2) is 10.2. The van der Waals surface area contributed by atoms with Gasteiger partial charge in [-0.2, -0.15) is 0 Å². The number of piperazine rings is 1. The molecular weight excluding hydrogens is 394 g/mol. The van der Waals surface area contributed by atoms with Gasteiger partial charge in [0.15, 0.2) is 0 Å². The van der Waals surface area contributed by atoms with Gasteiger partial charge in [0.2, 0.25) is 5.91 Å². The minimum Gasteiger partial charge on any atom is -0.489 e. The molecule has 3 rings (SSSR count). The van der Waals surface area contributed by atoms with E-state index in [0.717, 1.165) is 30.1 Å². The van der Waals surface area contributed by atoms with Crippen molar-refractivity contribution in [3.05, 3.63) is 60.2 Å². The van der Waals surface area contributed by atoms with Crippen LogP contribution in [0.4, 0.5) is 10.5 Å². The molecule has 0 atom stereocenters. The first-order valence-electron chi connectivity index (χ1n) is 10.6. The molecule has 1 fully saturated rings. The van der Waals surface area contributed by atoms with Crippen molar-refractivity contribution in [1.82, 2.24) is 10.2 Å². The van der Waals surface area contributed by atoms with Gasteiger partial charge in [0.1, 0.15) is 24.5 Å². The molecule has 2 aromatic carbocycles. The van der Waals surface area contributed by atoms with E-state index in [0.29, 0.717) is 19.7 Å². The number of nitrogens with one attached hydrogen (secondary N) is 1. The minimum atomic E-state index is -0.582. The Labute approximate surface area is 183 Å². The van der Waals surface area contributed by atoms with Gasteiger partial charge in [-0.3, -0.25) is 4.79 Å². The van der Waals surface area contributed by atoms with Crippen LogP contribution in [0.3, 0.4) is 0 Å². The molecule has 2 amide bonds. The van der Waals surface area contributed by atoms with Crippen LogP contribution in [0, 0.1) is 0 Å². The second-order valence-corrected chi connectivity index (χ2v) is 8.49. The van der Waals surface area contributed by atoms with Crippen LogP contribution in [0.1, 0.15) is 26.3 Å². The lowest BCUT2D eigenvalue weighted by atomic mass is 10.2. The van der Waals surface area contributed by atoms with E-state index in [-0.39, 0.29) is 12.5 Å². The number of hydrogen-bond donors (Lipinski definition) is 1. The van der Waals surface area contributed by atoms with Crippen LogP contribution >= 0.6 is 0 Å². The number of alkyl carbamates (subject to hydrolysis) is 1. The van der Waals surface area contributed by atoms with Crippen LogP contribution in [-0.2, 0) is 16.1 Å². The number of hydrogen-bond acceptors (Lipinski definition) is 5. The summed E-state index contributed by atoms with van der Waals surface area (Å²) in [5, 5.41) is 2.53. The quantitative estimate of drug-likeness (QED) is 0.768. The Hall–Kier alpha value is -3.22. The molecule has 0 unspecified atom stereocenters. The zero-order valence-corrected chi connectivity index (χ0v) is 18.5. The van der Waals surface area contributed by atoms with Crippen LogP contribution in [-0.4, -0.2) is 55.2 Å². The Bertz CT molecular complexity index is 855. The summed E-state index contributed by atoms with van der Waals surface area (Å²) in [6.45, 7) is 8.55. The zero-order chi connectivity index (χ0) is 22.3. The SMILES string of the molecule is CC(C)(C)OC(=O)NCC(=O)N1CCN(c2ccc(OCc3ccccc3)cc2)CC1. The molecule has 0 saturated carbocycles. The normalized spacial score (nSPS) is 14.2. The van der Waals surface area contributed by atoms with Crippen LogP contribution < -0.4 is 15.0 Å². The molecule has 2 aromatic rings. The third-order valence-corrected chi connectivity index (χ3v) is 4.87. The summed E-state index contributed by atoms with van der Waals surface area (Å²) in [4.78, 5) is 28.1. The fourth-order valence-corrected chi connectivity index (χ4v) is 3.28. The molecule has 1 N–H and O–H groups in total. The van der Waals surface area contributed by atoms with Crippen LogP contribution in [0.15, 0.2) is 54.6 Å². The van der Waals surface area contributed by atoms with Crippen molar-refractivity contribution in [2.45, 2.75) is 33.0 Å². The molecule has 1 aliphatic rings. The summed E-state index contributed by atoms with van der Waals surface area (Å²) in [6, 6.07) is 18.1. The maximum atomic E-state index is 12.4. The van der Waals surface area contributed by atoms with Gasteiger partial charge >= 0.3 is 6.09 Å².